The van der Waals surface area contributed by atoms with E-state index in [0.29, 0.717) is 11.3 Å². The Hall–Kier alpha value is -3.67. The van der Waals surface area contributed by atoms with Gasteiger partial charge < -0.3 is 15.3 Å². The van der Waals surface area contributed by atoms with Crippen molar-refractivity contribution in [3.05, 3.63) is 84.4 Å². The summed E-state index contributed by atoms with van der Waals surface area (Å²) in [5.41, 5.74) is 4.78. The molecule has 1 saturated heterocycles. The summed E-state index contributed by atoms with van der Waals surface area (Å²) in [6, 6.07) is 19.4. The second-order valence-electron chi connectivity index (χ2n) is 8.15. The van der Waals surface area contributed by atoms with E-state index < -0.39 is 6.43 Å². The van der Waals surface area contributed by atoms with Gasteiger partial charge in [-0.2, -0.15) is 0 Å². The zero-order valence-corrected chi connectivity index (χ0v) is 18.2. The van der Waals surface area contributed by atoms with Crippen LogP contribution in [0.15, 0.2) is 73.3 Å². The predicted octanol–water partition coefficient (Wildman–Crippen LogP) is 6.64. The highest BCUT2D eigenvalue weighted by molar-refractivity contribution is 6.31. The first-order valence-corrected chi connectivity index (χ1v) is 11.0. The normalized spacial score (nSPS) is 15.1. The van der Waals surface area contributed by atoms with Gasteiger partial charge in [0.1, 0.15) is 5.75 Å². The first kappa shape index (κ1) is 22.5. The molecule has 0 atom stereocenters. The number of aromatic hydroxyl groups is 1. The number of phenols is 1. The Morgan fingerprint density at radius 2 is 1.58 bits per heavy atom. The quantitative estimate of drug-likeness (QED) is 0.442. The van der Waals surface area contributed by atoms with Gasteiger partial charge in [0.2, 0.25) is 0 Å². The number of nitrogens with zero attached hydrogens (tertiary/aromatic N) is 1. The van der Waals surface area contributed by atoms with Gasteiger partial charge in [-0.15, -0.1) is 0 Å². The smallest absolute Gasteiger partial charge is 0.263 e. The third-order valence-corrected chi connectivity index (χ3v) is 5.93. The average molecular weight is 449 g/mol. The highest BCUT2D eigenvalue weighted by Gasteiger charge is 2.24. The summed E-state index contributed by atoms with van der Waals surface area (Å²) in [7, 11) is 0. The summed E-state index contributed by atoms with van der Waals surface area (Å²) in [5.74, 6) is -0.0449. The molecule has 5 rings (SSSR count). The van der Waals surface area contributed by atoms with E-state index in [9.17, 15) is 18.7 Å². The number of alkyl halides is 2. The number of carbonyl (C=O) groups excluding carboxylic acids is 1. The second kappa shape index (κ2) is 9.86. The number of amides is 1. The van der Waals surface area contributed by atoms with Crippen molar-refractivity contribution < 1.29 is 18.7 Å². The molecule has 1 fully saturated rings. The van der Waals surface area contributed by atoms with Gasteiger partial charge in [-0.25, -0.2) is 8.78 Å². The van der Waals surface area contributed by atoms with Gasteiger partial charge in [0.15, 0.2) is 0 Å². The lowest BCUT2D eigenvalue weighted by Crippen LogP contribution is -2.29. The van der Waals surface area contributed by atoms with Crippen molar-refractivity contribution >= 4 is 22.9 Å². The minimum atomic E-state index is -2.34. The van der Waals surface area contributed by atoms with Crippen LogP contribution in [0.3, 0.4) is 0 Å². The van der Waals surface area contributed by atoms with E-state index in [1.165, 1.54) is 37.1 Å². The number of phenolic OH excluding ortho intramolecular Hbond substituents is 1. The molecular formula is C27H26F2N2O2. The van der Waals surface area contributed by atoms with E-state index in [4.69, 9.17) is 0 Å². The minimum absolute atomic E-state index is 0.0810. The SMILES string of the molecule is C=C1C(=O)Nc2cc(O)c(-c3ccc(N4CCCCC4)cc3)cc21.FC(F)c1ccccc1. The molecule has 2 heterocycles. The molecule has 2 aliphatic heterocycles. The highest BCUT2D eigenvalue weighted by atomic mass is 19.3. The summed E-state index contributed by atoms with van der Waals surface area (Å²) >= 11 is 0. The average Bonchev–Trinajstić information content (AvgIpc) is 3.12. The van der Waals surface area contributed by atoms with Crippen molar-refractivity contribution in [2.75, 3.05) is 23.3 Å². The summed E-state index contributed by atoms with van der Waals surface area (Å²) in [6.07, 6.45) is 1.47. The summed E-state index contributed by atoms with van der Waals surface area (Å²) in [5, 5.41) is 13.0. The Morgan fingerprint density at radius 1 is 0.909 bits per heavy atom. The molecular weight excluding hydrogens is 422 g/mol. The Bertz CT molecular complexity index is 1140. The number of rotatable bonds is 3. The molecule has 2 aliphatic rings. The maximum atomic E-state index is 11.8. The lowest BCUT2D eigenvalue weighted by Gasteiger charge is -2.28. The van der Waals surface area contributed by atoms with Gasteiger partial charge in [0, 0.05) is 47.1 Å². The lowest BCUT2D eigenvalue weighted by atomic mass is 9.98. The Labute approximate surface area is 192 Å². The zero-order chi connectivity index (χ0) is 23.4. The standard InChI is InChI=1S/C20H20N2O2.C7H6F2/c1-13-16-11-17(19(23)12-18(16)21-20(13)24)14-5-7-15(8-6-14)22-9-3-2-4-10-22;8-7(9)6-4-2-1-3-5-6/h5-8,11-12,23H,1-4,9-10H2,(H,21,24);1-5,7H. The van der Waals surface area contributed by atoms with Crippen LogP contribution in [-0.2, 0) is 4.79 Å². The van der Waals surface area contributed by atoms with E-state index >= 15 is 0 Å². The number of hydrogen-bond donors (Lipinski definition) is 2. The van der Waals surface area contributed by atoms with Gasteiger partial charge in [-0.3, -0.25) is 4.79 Å². The van der Waals surface area contributed by atoms with Crippen LogP contribution in [0.1, 0.15) is 36.8 Å². The molecule has 4 nitrogen and oxygen atoms in total. The largest absolute Gasteiger partial charge is 0.507 e. The maximum absolute atomic E-state index is 11.8. The minimum Gasteiger partial charge on any atom is -0.507 e. The monoisotopic (exact) mass is 448 g/mol. The molecule has 0 radical (unpaired) electrons. The summed E-state index contributed by atoms with van der Waals surface area (Å²) < 4.78 is 23.5. The number of halogens is 2. The van der Waals surface area contributed by atoms with Crippen molar-refractivity contribution in [2.24, 2.45) is 0 Å². The number of anilines is 2. The Kier molecular flexibility index (Phi) is 6.73. The van der Waals surface area contributed by atoms with Gasteiger partial charge in [0.25, 0.3) is 12.3 Å². The van der Waals surface area contributed by atoms with Crippen molar-refractivity contribution in [1.29, 1.82) is 0 Å². The molecule has 2 N–H and O–H groups in total. The maximum Gasteiger partial charge on any atom is 0.263 e. The Morgan fingerprint density at radius 3 is 2.18 bits per heavy atom. The van der Waals surface area contributed by atoms with E-state index in [1.807, 2.05) is 18.2 Å². The third-order valence-electron chi connectivity index (χ3n) is 5.93. The fourth-order valence-electron chi connectivity index (χ4n) is 4.10. The van der Waals surface area contributed by atoms with Gasteiger partial charge in [0.05, 0.1) is 5.69 Å². The van der Waals surface area contributed by atoms with Crippen molar-refractivity contribution in [3.8, 4) is 16.9 Å². The van der Waals surface area contributed by atoms with Crippen LogP contribution in [0.25, 0.3) is 16.7 Å². The molecule has 170 valence electrons. The summed E-state index contributed by atoms with van der Waals surface area (Å²) in [6.45, 7) is 6.03. The first-order valence-electron chi connectivity index (χ1n) is 11.0. The molecule has 0 saturated carbocycles. The van der Waals surface area contributed by atoms with Gasteiger partial charge in [-0.1, -0.05) is 49.0 Å². The highest BCUT2D eigenvalue weighted by Crippen LogP contribution is 2.40. The predicted molar refractivity (Wildman–Crippen MR) is 129 cm³/mol. The second-order valence-corrected chi connectivity index (χ2v) is 8.15. The van der Waals surface area contributed by atoms with Crippen LogP contribution in [-0.4, -0.2) is 24.1 Å². The fraction of sp³-hybridized carbons (Fsp3) is 0.222. The number of benzene rings is 3. The number of piperidine rings is 1. The molecule has 33 heavy (non-hydrogen) atoms. The fourth-order valence-corrected chi connectivity index (χ4v) is 4.10. The molecule has 3 aromatic rings. The van der Waals surface area contributed by atoms with Crippen molar-refractivity contribution in [1.82, 2.24) is 0 Å². The van der Waals surface area contributed by atoms with E-state index in [1.54, 1.807) is 24.3 Å². The zero-order valence-electron chi connectivity index (χ0n) is 18.2. The molecule has 6 heteroatoms. The van der Waals surface area contributed by atoms with Gasteiger partial charge >= 0.3 is 0 Å². The Balaban J connectivity index is 0.000000243. The van der Waals surface area contributed by atoms with E-state index in [0.717, 1.165) is 29.8 Å². The van der Waals surface area contributed by atoms with Gasteiger partial charge in [-0.05, 0) is 43.0 Å². The number of hydrogen-bond acceptors (Lipinski definition) is 3. The first-order chi connectivity index (χ1) is 15.9. The molecule has 0 spiro atoms. The number of nitrogens with one attached hydrogen (secondary N) is 1. The van der Waals surface area contributed by atoms with Crippen molar-refractivity contribution in [2.45, 2.75) is 25.7 Å². The van der Waals surface area contributed by atoms with Crippen LogP contribution in [0.2, 0.25) is 0 Å². The molecule has 3 aromatic carbocycles. The van der Waals surface area contributed by atoms with Crippen LogP contribution >= 0.6 is 0 Å². The summed E-state index contributed by atoms with van der Waals surface area (Å²) in [4.78, 5) is 14.1. The molecule has 0 unspecified atom stereocenters. The number of carbonyl (C=O) groups is 1. The van der Waals surface area contributed by atoms with Crippen LogP contribution in [0.4, 0.5) is 20.2 Å². The van der Waals surface area contributed by atoms with E-state index in [-0.39, 0.29) is 17.2 Å². The van der Waals surface area contributed by atoms with Crippen LogP contribution < -0.4 is 10.2 Å². The lowest BCUT2D eigenvalue weighted by molar-refractivity contribution is -0.110. The van der Waals surface area contributed by atoms with Crippen molar-refractivity contribution in [3.63, 3.8) is 0 Å². The molecule has 0 aliphatic carbocycles. The number of fused-ring (bicyclic) bond motifs is 1. The topological polar surface area (TPSA) is 52.6 Å². The van der Waals surface area contributed by atoms with Crippen LogP contribution in [0, 0.1) is 0 Å². The molecule has 0 bridgehead atoms. The molecule has 0 aromatic heterocycles. The molecule has 1 amide bonds. The van der Waals surface area contributed by atoms with Crippen LogP contribution in [0.5, 0.6) is 5.75 Å². The van der Waals surface area contributed by atoms with E-state index in [2.05, 4.69) is 28.9 Å². The third kappa shape index (κ3) is 5.06.